The van der Waals surface area contributed by atoms with Gasteiger partial charge in [0, 0.05) is 25.9 Å². The zero-order valence-corrected chi connectivity index (χ0v) is 9.94. The van der Waals surface area contributed by atoms with E-state index < -0.39 is 24.9 Å². The van der Waals surface area contributed by atoms with Gasteiger partial charge in [-0.3, -0.25) is 0 Å². The van der Waals surface area contributed by atoms with Crippen molar-refractivity contribution < 1.29 is 16.8 Å². The van der Waals surface area contributed by atoms with Gasteiger partial charge in [-0.2, -0.15) is 0 Å². The minimum absolute atomic E-state index is 0.147. The first-order valence-corrected chi connectivity index (χ1v) is 7.75. The Kier molecular flexibility index (Phi) is 4.99. The monoisotopic (exact) mass is 244 g/mol. The maximum atomic E-state index is 11.5. The topological polar surface area (TPSA) is 97.5 Å². The second kappa shape index (κ2) is 5.06. The molecule has 0 aromatic heterocycles. The van der Waals surface area contributed by atoms with E-state index >= 15 is 0 Å². The summed E-state index contributed by atoms with van der Waals surface area (Å²) in [5.41, 5.74) is 5.21. The Morgan fingerprint density at radius 2 is 1.71 bits per heavy atom. The molecular formula is C6H16N2O4S2. The highest BCUT2D eigenvalue weighted by molar-refractivity contribution is 8.06. The molecule has 0 aromatic rings. The number of nitrogens with zero attached hydrogens (tertiary/aromatic N) is 1. The third-order valence-electron chi connectivity index (χ3n) is 1.49. The molecule has 0 rings (SSSR count). The van der Waals surface area contributed by atoms with Crippen molar-refractivity contribution in [3.8, 4) is 0 Å². The van der Waals surface area contributed by atoms with Crippen LogP contribution in [0, 0.1) is 0 Å². The molecule has 0 aliphatic carbocycles. The highest BCUT2D eigenvalue weighted by atomic mass is 32.3. The van der Waals surface area contributed by atoms with Crippen LogP contribution in [-0.4, -0.2) is 52.1 Å². The zero-order valence-electron chi connectivity index (χ0n) is 8.30. The molecule has 0 fully saturated rings. The van der Waals surface area contributed by atoms with Crippen LogP contribution in [0.15, 0.2) is 0 Å². The molecule has 8 heteroatoms. The summed E-state index contributed by atoms with van der Waals surface area (Å²) in [6.07, 6.45) is 0.890. The van der Waals surface area contributed by atoms with E-state index in [0.717, 1.165) is 10.6 Å². The van der Waals surface area contributed by atoms with Crippen LogP contribution in [0.2, 0.25) is 0 Å². The van der Waals surface area contributed by atoms with E-state index in [1.54, 1.807) is 6.92 Å². The van der Waals surface area contributed by atoms with Gasteiger partial charge in [-0.25, -0.2) is 21.1 Å². The van der Waals surface area contributed by atoms with Crippen LogP contribution < -0.4 is 5.73 Å². The van der Waals surface area contributed by atoms with E-state index in [2.05, 4.69) is 0 Å². The van der Waals surface area contributed by atoms with Gasteiger partial charge in [0.1, 0.15) is 0 Å². The van der Waals surface area contributed by atoms with E-state index in [4.69, 9.17) is 5.73 Å². The predicted octanol–water partition coefficient (Wildman–Crippen LogP) is -1.40. The van der Waals surface area contributed by atoms with Gasteiger partial charge >= 0.3 is 0 Å². The Balaban J connectivity index is 4.76. The second-order valence-corrected chi connectivity index (χ2v) is 7.41. The Labute approximate surface area is 85.0 Å². The third kappa shape index (κ3) is 4.89. The van der Waals surface area contributed by atoms with Crippen molar-refractivity contribution in [3.63, 3.8) is 0 Å². The quantitative estimate of drug-likeness (QED) is 0.619. The molecule has 86 valence electrons. The van der Waals surface area contributed by atoms with Crippen LogP contribution in [0.25, 0.3) is 0 Å². The van der Waals surface area contributed by atoms with Gasteiger partial charge < -0.3 is 5.73 Å². The van der Waals surface area contributed by atoms with Crippen LogP contribution in [0.5, 0.6) is 0 Å². The summed E-state index contributed by atoms with van der Waals surface area (Å²) in [4.78, 5) is 0. The van der Waals surface area contributed by atoms with Crippen molar-refractivity contribution in [2.75, 3.05) is 31.0 Å². The van der Waals surface area contributed by atoms with Gasteiger partial charge in [0.15, 0.2) is 14.9 Å². The van der Waals surface area contributed by atoms with E-state index in [9.17, 15) is 16.8 Å². The Bertz CT molecular complexity index is 359. The molecular weight excluding hydrogens is 228 g/mol. The number of likely N-dealkylation sites (N-methyl/N-ethyl adjacent to an activating group) is 1. The second-order valence-electron chi connectivity index (χ2n) is 2.94. The van der Waals surface area contributed by atoms with Crippen molar-refractivity contribution in [2.45, 2.75) is 6.92 Å². The average Bonchev–Trinajstić information content (AvgIpc) is 1.94. The first-order chi connectivity index (χ1) is 6.23. The first kappa shape index (κ1) is 13.8. The summed E-state index contributed by atoms with van der Waals surface area (Å²) in [6, 6.07) is 0. The molecule has 0 spiro atoms. The van der Waals surface area contributed by atoms with Gasteiger partial charge in [-0.15, -0.1) is 0 Å². The van der Waals surface area contributed by atoms with E-state index in [1.807, 2.05) is 0 Å². The number of sulfone groups is 1. The van der Waals surface area contributed by atoms with Crippen LogP contribution >= 0.6 is 0 Å². The maximum absolute atomic E-state index is 11.5. The number of nitrogens with two attached hydrogens (primary N) is 1. The van der Waals surface area contributed by atoms with Gasteiger partial charge in [-0.05, 0) is 0 Å². The van der Waals surface area contributed by atoms with Crippen LogP contribution in [-0.2, 0) is 19.9 Å². The van der Waals surface area contributed by atoms with E-state index in [1.165, 1.54) is 0 Å². The van der Waals surface area contributed by atoms with Gasteiger partial charge in [0.25, 0.3) is 0 Å². The molecule has 0 heterocycles. The predicted molar refractivity (Wildman–Crippen MR) is 54.9 cm³/mol. The molecule has 0 bridgehead atoms. The number of hydrogen-bond acceptors (Lipinski definition) is 5. The first-order valence-electron chi connectivity index (χ1n) is 4.08. The van der Waals surface area contributed by atoms with Crippen molar-refractivity contribution in [1.29, 1.82) is 0 Å². The van der Waals surface area contributed by atoms with Gasteiger partial charge in [0.2, 0.25) is 10.0 Å². The minimum atomic E-state index is -3.73. The molecule has 0 saturated carbocycles. The van der Waals surface area contributed by atoms with Crippen molar-refractivity contribution in [3.05, 3.63) is 0 Å². The molecule has 6 nitrogen and oxygen atoms in total. The van der Waals surface area contributed by atoms with Crippen molar-refractivity contribution >= 4 is 19.9 Å². The Morgan fingerprint density at radius 3 is 2.00 bits per heavy atom. The number of rotatable bonds is 6. The lowest BCUT2D eigenvalue weighted by molar-refractivity contribution is 0.438. The van der Waals surface area contributed by atoms with Crippen molar-refractivity contribution in [2.24, 2.45) is 5.73 Å². The molecule has 0 amide bonds. The summed E-state index contributed by atoms with van der Waals surface area (Å²) >= 11 is 0. The van der Waals surface area contributed by atoms with E-state index in [-0.39, 0.29) is 19.6 Å². The Morgan fingerprint density at radius 1 is 1.21 bits per heavy atom. The molecule has 0 unspecified atom stereocenters. The lowest BCUT2D eigenvalue weighted by Gasteiger charge is -2.18. The lowest BCUT2D eigenvalue weighted by Crippen LogP contribution is -2.38. The van der Waals surface area contributed by atoms with Gasteiger partial charge in [0.05, 0.1) is 0 Å². The smallest absolute Gasteiger partial charge is 0.228 e. The van der Waals surface area contributed by atoms with E-state index in [0.29, 0.717) is 0 Å². The number of hydrogen-bond donors (Lipinski definition) is 1. The highest BCUT2D eigenvalue weighted by Gasteiger charge is 2.24. The maximum Gasteiger partial charge on any atom is 0.228 e. The lowest BCUT2D eigenvalue weighted by atomic mass is 10.6. The SMILES string of the molecule is CCN(CCN)S(=O)(=O)CS(C)(=O)=O. The molecule has 0 atom stereocenters. The fourth-order valence-electron chi connectivity index (χ4n) is 0.983. The molecule has 0 aliphatic heterocycles. The van der Waals surface area contributed by atoms with Crippen LogP contribution in [0.4, 0.5) is 0 Å². The summed E-state index contributed by atoms with van der Waals surface area (Å²) in [6.45, 7) is 2.19. The molecule has 2 N–H and O–H groups in total. The fourth-order valence-corrected chi connectivity index (χ4v) is 4.52. The van der Waals surface area contributed by atoms with Crippen LogP contribution in [0.3, 0.4) is 0 Å². The number of sulfonamides is 1. The van der Waals surface area contributed by atoms with Crippen molar-refractivity contribution in [1.82, 2.24) is 4.31 Å². The van der Waals surface area contributed by atoms with Crippen LogP contribution in [0.1, 0.15) is 6.92 Å². The summed E-state index contributed by atoms with van der Waals surface area (Å²) in [7, 11) is -7.25. The standard InChI is InChI=1S/C6H16N2O4S2/c1-3-8(5-4-7)14(11,12)6-13(2,9)10/h3-7H2,1-2H3. The molecule has 0 saturated heterocycles. The largest absolute Gasteiger partial charge is 0.329 e. The molecule has 0 aliphatic rings. The summed E-state index contributed by atoms with van der Waals surface area (Å²) < 4.78 is 45.6. The zero-order chi connectivity index (χ0) is 11.4. The highest BCUT2D eigenvalue weighted by Crippen LogP contribution is 2.03. The average molecular weight is 244 g/mol. The van der Waals surface area contributed by atoms with Gasteiger partial charge in [-0.1, -0.05) is 6.92 Å². The Hall–Kier alpha value is -0.180. The molecule has 0 radical (unpaired) electrons. The molecule has 14 heavy (non-hydrogen) atoms. The minimum Gasteiger partial charge on any atom is -0.329 e. The fraction of sp³-hybridized carbons (Fsp3) is 1.00. The summed E-state index contributed by atoms with van der Waals surface area (Å²) in [5.74, 6) is 0. The molecule has 0 aromatic carbocycles. The summed E-state index contributed by atoms with van der Waals surface area (Å²) in [5, 5.41) is -0.853. The third-order valence-corrected chi connectivity index (χ3v) is 5.62. The normalized spacial score (nSPS) is 13.4.